The minimum absolute atomic E-state index is 0.455. The summed E-state index contributed by atoms with van der Waals surface area (Å²) in [7, 11) is 1.60. The Hall–Kier alpha value is -1.39. The average molecular weight is 178 g/mol. The van der Waals surface area contributed by atoms with Crippen molar-refractivity contribution in [3.8, 4) is 0 Å². The Morgan fingerprint density at radius 2 is 2.46 bits per heavy atom. The Labute approximate surface area is 75.4 Å². The monoisotopic (exact) mass is 178 g/mol. The average Bonchev–Trinajstić information content (AvgIpc) is 2.48. The van der Waals surface area contributed by atoms with E-state index >= 15 is 0 Å². The molecule has 1 N–H and O–H groups in total. The van der Waals surface area contributed by atoms with Crippen LogP contribution in [0.5, 0.6) is 0 Å². The Balaban J connectivity index is 2.46. The normalized spacial score (nSPS) is 11.3. The van der Waals surface area contributed by atoms with Crippen LogP contribution in [0, 0.1) is 0 Å². The molecule has 0 saturated carbocycles. The molecule has 4 heteroatoms. The van der Waals surface area contributed by atoms with Crippen LogP contribution in [0.4, 0.5) is 0 Å². The van der Waals surface area contributed by atoms with Gasteiger partial charge in [0.2, 0.25) is 0 Å². The number of rotatable bonds is 2. The van der Waals surface area contributed by atoms with Gasteiger partial charge in [-0.1, -0.05) is 0 Å². The molecule has 0 aliphatic carbocycles. The van der Waals surface area contributed by atoms with Gasteiger partial charge in [0, 0.05) is 24.2 Å². The third kappa shape index (κ3) is 1.54. The molecule has 2 rings (SSSR count). The molecular weight excluding hydrogens is 168 g/mol. The van der Waals surface area contributed by atoms with Crippen LogP contribution in [0.3, 0.4) is 0 Å². The first-order valence-corrected chi connectivity index (χ1v) is 3.97. The van der Waals surface area contributed by atoms with Gasteiger partial charge in [-0.2, -0.15) is 5.06 Å². The standard InChI is InChI=1S/C9H10N2O2/c1-11(12)5-7-6-13-9-4-10-3-2-8(7)9/h2-4,6,12H,5H2,1H3. The van der Waals surface area contributed by atoms with Crippen LogP contribution < -0.4 is 0 Å². The minimum Gasteiger partial charge on any atom is -0.462 e. The molecule has 0 bridgehead atoms. The first-order chi connectivity index (χ1) is 6.27. The number of pyridine rings is 1. The summed E-state index contributed by atoms with van der Waals surface area (Å²) in [5.41, 5.74) is 1.71. The predicted molar refractivity (Wildman–Crippen MR) is 47.3 cm³/mol. The SMILES string of the molecule is CN(O)Cc1coc2cnccc12. The number of aromatic nitrogens is 1. The molecule has 2 aromatic rings. The summed E-state index contributed by atoms with van der Waals surface area (Å²) >= 11 is 0. The summed E-state index contributed by atoms with van der Waals surface area (Å²) in [4.78, 5) is 3.94. The van der Waals surface area contributed by atoms with Crippen molar-refractivity contribution in [2.75, 3.05) is 7.05 Å². The van der Waals surface area contributed by atoms with E-state index in [1.54, 1.807) is 25.7 Å². The Morgan fingerprint density at radius 1 is 1.62 bits per heavy atom. The van der Waals surface area contributed by atoms with E-state index in [9.17, 15) is 0 Å². The number of hydrogen-bond acceptors (Lipinski definition) is 4. The highest BCUT2D eigenvalue weighted by atomic mass is 16.5. The van der Waals surface area contributed by atoms with Gasteiger partial charge in [0.1, 0.15) is 0 Å². The summed E-state index contributed by atoms with van der Waals surface area (Å²) in [6.45, 7) is 0.455. The molecule has 0 aliphatic heterocycles. The third-order valence-electron chi connectivity index (χ3n) is 1.86. The molecule has 0 amide bonds. The number of hydroxylamine groups is 2. The topological polar surface area (TPSA) is 49.5 Å². The van der Waals surface area contributed by atoms with E-state index in [-0.39, 0.29) is 0 Å². The molecule has 68 valence electrons. The van der Waals surface area contributed by atoms with Crippen LogP contribution in [0.15, 0.2) is 29.1 Å². The summed E-state index contributed by atoms with van der Waals surface area (Å²) in [5, 5.41) is 11.2. The molecular formula is C9H10N2O2. The third-order valence-corrected chi connectivity index (χ3v) is 1.86. The summed E-state index contributed by atoms with van der Waals surface area (Å²) < 4.78 is 5.25. The van der Waals surface area contributed by atoms with Crippen LogP contribution in [0.2, 0.25) is 0 Å². The van der Waals surface area contributed by atoms with E-state index in [1.165, 1.54) is 0 Å². The van der Waals surface area contributed by atoms with Crippen molar-refractivity contribution in [1.29, 1.82) is 0 Å². The van der Waals surface area contributed by atoms with Crippen molar-refractivity contribution in [2.45, 2.75) is 6.54 Å². The molecule has 0 saturated heterocycles. The Kier molecular flexibility index (Phi) is 2.00. The van der Waals surface area contributed by atoms with Crippen molar-refractivity contribution in [2.24, 2.45) is 0 Å². The van der Waals surface area contributed by atoms with Gasteiger partial charge in [-0.05, 0) is 6.07 Å². The van der Waals surface area contributed by atoms with Crippen LogP contribution in [0.25, 0.3) is 11.0 Å². The van der Waals surface area contributed by atoms with Gasteiger partial charge in [-0.3, -0.25) is 4.98 Å². The van der Waals surface area contributed by atoms with E-state index in [0.717, 1.165) is 21.6 Å². The van der Waals surface area contributed by atoms with Crippen molar-refractivity contribution < 1.29 is 9.62 Å². The van der Waals surface area contributed by atoms with Gasteiger partial charge in [0.15, 0.2) is 5.58 Å². The molecule has 2 aromatic heterocycles. The quantitative estimate of drug-likeness (QED) is 0.710. The second-order valence-corrected chi connectivity index (χ2v) is 2.95. The highest BCUT2D eigenvalue weighted by Crippen LogP contribution is 2.20. The van der Waals surface area contributed by atoms with Gasteiger partial charge < -0.3 is 9.62 Å². The molecule has 0 unspecified atom stereocenters. The van der Waals surface area contributed by atoms with E-state index in [2.05, 4.69) is 4.98 Å². The lowest BCUT2D eigenvalue weighted by Gasteiger charge is -2.04. The lowest BCUT2D eigenvalue weighted by atomic mass is 10.2. The van der Waals surface area contributed by atoms with Crippen molar-refractivity contribution in [3.05, 3.63) is 30.3 Å². The number of furan rings is 1. The fraction of sp³-hybridized carbons (Fsp3) is 0.222. The summed E-state index contributed by atoms with van der Waals surface area (Å²) in [6.07, 6.45) is 5.01. The van der Waals surface area contributed by atoms with E-state index in [1.807, 2.05) is 6.07 Å². The number of hydrogen-bond donors (Lipinski definition) is 1. The van der Waals surface area contributed by atoms with E-state index < -0.39 is 0 Å². The first-order valence-electron chi connectivity index (χ1n) is 3.97. The zero-order valence-electron chi connectivity index (χ0n) is 7.27. The molecule has 13 heavy (non-hydrogen) atoms. The minimum atomic E-state index is 0.455. The predicted octanol–water partition coefficient (Wildman–Crippen LogP) is 1.65. The van der Waals surface area contributed by atoms with E-state index in [0.29, 0.717) is 6.54 Å². The molecule has 0 atom stereocenters. The summed E-state index contributed by atoms with van der Waals surface area (Å²) in [5.74, 6) is 0. The lowest BCUT2D eigenvalue weighted by molar-refractivity contribution is -0.0729. The largest absolute Gasteiger partial charge is 0.462 e. The molecule has 0 aliphatic rings. The number of fused-ring (bicyclic) bond motifs is 1. The zero-order valence-corrected chi connectivity index (χ0v) is 7.27. The van der Waals surface area contributed by atoms with Crippen molar-refractivity contribution in [1.82, 2.24) is 10.0 Å². The highest BCUT2D eigenvalue weighted by Gasteiger charge is 2.06. The van der Waals surface area contributed by atoms with Gasteiger partial charge in [-0.25, -0.2) is 0 Å². The fourth-order valence-corrected chi connectivity index (χ4v) is 1.31. The van der Waals surface area contributed by atoms with Crippen LogP contribution >= 0.6 is 0 Å². The Bertz CT molecular complexity index is 409. The lowest BCUT2D eigenvalue weighted by Crippen LogP contribution is -2.10. The molecule has 0 fully saturated rings. The Morgan fingerprint density at radius 3 is 3.23 bits per heavy atom. The molecule has 0 aromatic carbocycles. The smallest absolute Gasteiger partial charge is 0.152 e. The van der Waals surface area contributed by atoms with Crippen molar-refractivity contribution in [3.63, 3.8) is 0 Å². The van der Waals surface area contributed by atoms with Crippen LogP contribution in [0.1, 0.15) is 5.56 Å². The van der Waals surface area contributed by atoms with Gasteiger partial charge in [0.05, 0.1) is 19.0 Å². The van der Waals surface area contributed by atoms with Gasteiger partial charge in [-0.15, -0.1) is 0 Å². The van der Waals surface area contributed by atoms with Crippen molar-refractivity contribution >= 4 is 11.0 Å². The van der Waals surface area contributed by atoms with Gasteiger partial charge in [0.25, 0.3) is 0 Å². The molecule has 2 heterocycles. The maximum absolute atomic E-state index is 9.06. The maximum Gasteiger partial charge on any atom is 0.152 e. The van der Waals surface area contributed by atoms with Gasteiger partial charge >= 0.3 is 0 Å². The summed E-state index contributed by atoms with van der Waals surface area (Å²) in [6, 6.07) is 1.87. The van der Waals surface area contributed by atoms with E-state index in [4.69, 9.17) is 9.62 Å². The fourth-order valence-electron chi connectivity index (χ4n) is 1.31. The first kappa shape index (κ1) is 8.22. The second kappa shape index (κ2) is 3.16. The zero-order chi connectivity index (χ0) is 9.26. The molecule has 0 spiro atoms. The molecule has 4 nitrogen and oxygen atoms in total. The molecule has 0 radical (unpaired) electrons. The number of nitrogens with zero attached hydrogens (tertiary/aromatic N) is 2. The maximum atomic E-state index is 9.06. The second-order valence-electron chi connectivity index (χ2n) is 2.95. The highest BCUT2D eigenvalue weighted by molar-refractivity contribution is 5.79. The van der Waals surface area contributed by atoms with Crippen LogP contribution in [-0.2, 0) is 6.54 Å². The van der Waals surface area contributed by atoms with Crippen LogP contribution in [-0.4, -0.2) is 22.3 Å².